The zero-order chi connectivity index (χ0) is 33.4. The molecule has 0 bridgehead atoms. The number of urea groups is 1. The first kappa shape index (κ1) is 34.2. The second-order valence-corrected chi connectivity index (χ2v) is 11.3. The average Bonchev–Trinajstić information content (AvgIpc) is 3.37. The molecule has 0 aliphatic rings. The van der Waals surface area contributed by atoms with Gasteiger partial charge in [0.15, 0.2) is 0 Å². The Kier molecular flexibility index (Phi) is 11.2. The van der Waals surface area contributed by atoms with Gasteiger partial charge in [0.1, 0.15) is 5.82 Å². The van der Waals surface area contributed by atoms with E-state index in [2.05, 4.69) is 23.2 Å². The molecule has 8 nitrogen and oxygen atoms in total. The van der Waals surface area contributed by atoms with E-state index in [-0.39, 0.29) is 11.6 Å². The standard InChI is InChI=1S/C35H39F3N4O4/c1-5-7-11-21-41(34(45)40(3)4)26-19-20-29-30(22-26)42(31(39-29)14-8-6-2)23-24-15-17-25(18-16-24)27-12-9-10-13-28(27)32(43)46-33(44)35(36,37)38/h9-10,12-13,15-20,22H,5-8,11,14,21,23H2,1-4H3. The van der Waals surface area contributed by atoms with Crippen LogP contribution in [-0.4, -0.2) is 59.2 Å². The molecule has 4 rings (SSSR count). The molecular formula is C35H39F3N4O4. The summed E-state index contributed by atoms with van der Waals surface area (Å²) >= 11 is 0. The lowest BCUT2D eigenvalue weighted by Gasteiger charge is -2.26. The zero-order valence-electron chi connectivity index (χ0n) is 26.6. The van der Waals surface area contributed by atoms with Crippen LogP contribution < -0.4 is 4.90 Å². The van der Waals surface area contributed by atoms with Crippen molar-refractivity contribution in [2.75, 3.05) is 25.5 Å². The van der Waals surface area contributed by atoms with Crippen molar-refractivity contribution in [3.05, 3.63) is 83.7 Å². The van der Waals surface area contributed by atoms with E-state index >= 15 is 0 Å². The lowest BCUT2D eigenvalue weighted by Crippen LogP contribution is -2.40. The summed E-state index contributed by atoms with van der Waals surface area (Å²) in [4.78, 5) is 45.2. The number of benzene rings is 3. The Hall–Kier alpha value is -4.67. The Morgan fingerprint density at radius 1 is 0.891 bits per heavy atom. The van der Waals surface area contributed by atoms with E-state index in [4.69, 9.17) is 4.98 Å². The van der Waals surface area contributed by atoms with Gasteiger partial charge in [0, 0.05) is 39.3 Å². The van der Waals surface area contributed by atoms with Gasteiger partial charge >= 0.3 is 24.1 Å². The third-order valence-electron chi connectivity index (χ3n) is 7.64. The van der Waals surface area contributed by atoms with Crippen molar-refractivity contribution in [2.45, 2.75) is 65.1 Å². The number of aryl methyl sites for hydroxylation is 1. The Bertz CT molecular complexity index is 1680. The minimum atomic E-state index is -5.28. The monoisotopic (exact) mass is 636 g/mol. The van der Waals surface area contributed by atoms with E-state index in [0.29, 0.717) is 24.2 Å². The van der Waals surface area contributed by atoms with E-state index < -0.39 is 18.1 Å². The summed E-state index contributed by atoms with van der Waals surface area (Å²) in [6.45, 7) is 5.34. The van der Waals surface area contributed by atoms with Crippen molar-refractivity contribution in [1.29, 1.82) is 0 Å². The number of anilines is 1. The fraction of sp³-hybridized carbons (Fsp3) is 0.371. The van der Waals surface area contributed by atoms with Gasteiger partial charge in [-0.3, -0.25) is 4.90 Å². The summed E-state index contributed by atoms with van der Waals surface area (Å²) in [5.41, 5.74) is 4.23. The molecule has 0 saturated heterocycles. The second kappa shape index (κ2) is 15.1. The number of halogens is 3. The maximum Gasteiger partial charge on any atom is 0.491 e. The molecule has 0 atom stereocenters. The molecule has 0 aliphatic carbocycles. The average molecular weight is 637 g/mol. The first-order valence-electron chi connectivity index (χ1n) is 15.4. The number of amides is 2. The molecule has 0 N–H and O–H groups in total. The Labute approximate surface area is 266 Å². The van der Waals surface area contributed by atoms with Crippen LogP contribution in [0.4, 0.5) is 23.7 Å². The molecule has 0 spiro atoms. The first-order valence-corrected chi connectivity index (χ1v) is 15.4. The lowest BCUT2D eigenvalue weighted by atomic mass is 9.98. The third kappa shape index (κ3) is 8.13. The van der Waals surface area contributed by atoms with Gasteiger partial charge in [0.25, 0.3) is 0 Å². The number of alkyl halides is 3. The highest BCUT2D eigenvalue weighted by molar-refractivity contribution is 6.03. The predicted molar refractivity (Wildman–Crippen MR) is 172 cm³/mol. The number of rotatable bonds is 12. The summed E-state index contributed by atoms with van der Waals surface area (Å²) in [6, 6.07) is 19.2. The largest absolute Gasteiger partial charge is 0.491 e. The number of carbonyl (C=O) groups excluding carboxylic acids is 3. The van der Waals surface area contributed by atoms with E-state index in [1.165, 1.54) is 12.1 Å². The van der Waals surface area contributed by atoms with Crippen LogP contribution in [0.25, 0.3) is 22.2 Å². The van der Waals surface area contributed by atoms with Crippen molar-refractivity contribution < 1.29 is 32.3 Å². The summed E-state index contributed by atoms with van der Waals surface area (Å²) in [6.07, 6.45) is 0.413. The minimum Gasteiger partial charge on any atom is -0.383 e. The number of aromatic nitrogens is 2. The molecule has 0 fully saturated rings. The van der Waals surface area contributed by atoms with Gasteiger partial charge in [0.2, 0.25) is 0 Å². The number of hydrogen-bond acceptors (Lipinski definition) is 5. The quantitative estimate of drug-likeness (QED) is 0.0894. The van der Waals surface area contributed by atoms with Crippen LogP contribution in [0.2, 0.25) is 0 Å². The van der Waals surface area contributed by atoms with Crippen LogP contribution in [0, 0.1) is 0 Å². The van der Waals surface area contributed by atoms with Gasteiger partial charge in [-0.15, -0.1) is 0 Å². The number of unbranched alkanes of at least 4 members (excludes halogenated alkanes) is 3. The molecule has 11 heteroatoms. The maximum atomic E-state index is 13.1. The zero-order valence-corrected chi connectivity index (χ0v) is 26.6. The number of nitrogens with zero attached hydrogens (tertiary/aromatic N) is 4. The normalized spacial score (nSPS) is 11.5. The number of hydrogen-bond donors (Lipinski definition) is 0. The van der Waals surface area contributed by atoms with Crippen molar-refractivity contribution in [2.24, 2.45) is 0 Å². The van der Waals surface area contributed by atoms with Gasteiger partial charge < -0.3 is 14.2 Å². The van der Waals surface area contributed by atoms with Gasteiger partial charge in [-0.25, -0.2) is 19.4 Å². The summed E-state index contributed by atoms with van der Waals surface area (Å²) < 4.78 is 44.3. The van der Waals surface area contributed by atoms with Crippen LogP contribution in [0.3, 0.4) is 0 Å². The van der Waals surface area contributed by atoms with Crippen LogP contribution in [0.5, 0.6) is 0 Å². The SMILES string of the molecule is CCCCCN(C(=O)N(C)C)c1ccc2nc(CCCC)n(Cc3ccc(-c4ccccc4C(=O)OC(=O)C(F)(F)F)cc3)c2c1. The van der Waals surface area contributed by atoms with Crippen LogP contribution in [0.15, 0.2) is 66.7 Å². The fourth-order valence-corrected chi connectivity index (χ4v) is 5.21. The molecule has 46 heavy (non-hydrogen) atoms. The Balaban J connectivity index is 1.67. The number of fused-ring (bicyclic) bond motifs is 1. The molecule has 0 radical (unpaired) electrons. The number of imidazole rings is 1. The van der Waals surface area contributed by atoms with Crippen molar-refractivity contribution >= 4 is 34.7 Å². The van der Waals surface area contributed by atoms with E-state index in [1.807, 2.05) is 30.3 Å². The van der Waals surface area contributed by atoms with Crippen molar-refractivity contribution in [3.63, 3.8) is 0 Å². The minimum absolute atomic E-state index is 0.0877. The van der Waals surface area contributed by atoms with Gasteiger partial charge in [0.05, 0.1) is 16.6 Å². The van der Waals surface area contributed by atoms with Crippen LogP contribution in [0.1, 0.15) is 67.7 Å². The van der Waals surface area contributed by atoms with Crippen LogP contribution in [-0.2, 0) is 22.5 Å². The molecule has 0 aliphatic heterocycles. The van der Waals surface area contributed by atoms with Crippen molar-refractivity contribution in [1.82, 2.24) is 14.5 Å². The first-order chi connectivity index (χ1) is 21.9. The molecular weight excluding hydrogens is 597 g/mol. The summed E-state index contributed by atoms with van der Waals surface area (Å²) in [5.74, 6) is -3.01. The molecule has 1 heterocycles. The topological polar surface area (TPSA) is 84.7 Å². The van der Waals surface area contributed by atoms with Gasteiger partial charge in [-0.1, -0.05) is 75.6 Å². The lowest BCUT2D eigenvalue weighted by molar-refractivity contribution is -0.193. The van der Waals surface area contributed by atoms with Crippen LogP contribution >= 0.6 is 0 Å². The Morgan fingerprint density at radius 3 is 2.24 bits per heavy atom. The third-order valence-corrected chi connectivity index (χ3v) is 7.64. The molecule has 244 valence electrons. The number of esters is 2. The second-order valence-electron chi connectivity index (χ2n) is 11.3. The summed E-state index contributed by atoms with van der Waals surface area (Å²) in [7, 11) is 3.49. The van der Waals surface area contributed by atoms with E-state index in [9.17, 15) is 27.6 Å². The fourth-order valence-electron chi connectivity index (χ4n) is 5.21. The molecule has 0 unspecified atom stereocenters. The molecule has 3 aromatic carbocycles. The highest BCUT2D eigenvalue weighted by atomic mass is 19.4. The van der Waals surface area contributed by atoms with Crippen molar-refractivity contribution in [3.8, 4) is 11.1 Å². The highest BCUT2D eigenvalue weighted by Gasteiger charge is 2.42. The molecule has 2 amide bonds. The number of carbonyl (C=O) groups is 3. The molecule has 4 aromatic rings. The predicted octanol–water partition coefficient (Wildman–Crippen LogP) is 8.02. The van der Waals surface area contributed by atoms with E-state index in [1.54, 1.807) is 48.2 Å². The Morgan fingerprint density at radius 2 is 1.59 bits per heavy atom. The van der Waals surface area contributed by atoms with Gasteiger partial charge in [-0.2, -0.15) is 13.2 Å². The highest BCUT2D eigenvalue weighted by Crippen LogP contribution is 2.29. The molecule has 1 aromatic heterocycles. The maximum absolute atomic E-state index is 13.1. The molecule has 0 saturated carbocycles. The smallest absolute Gasteiger partial charge is 0.383 e. The van der Waals surface area contributed by atoms with Gasteiger partial charge in [-0.05, 0) is 53.8 Å². The number of ether oxygens (including phenoxy) is 1. The van der Waals surface area contributed by atoms with E-state index in [0.717, 1.165) is 66.6 Å². The summed E-state index contributed by atoms with van der Waals surface area (Å²) in [5, 5.41) is 0.